The molecule has 1 aromatic heterocycles. The smallest absolute Gasteiger partial charge is 0.327 e. The first-order valence-electron chi connectivity index (χ1n) is 22.2. The van der Waals surface area contributed by atoms with Gasteiger partial charge < -0.3 is 68.8 Å². The number of aromatic amines is 1. The van der Waals surface area contributed by atoms with E-state index in [0.29, 0.717) is 22.4 Å². The fourth-order valence-electron chi connectivity index (χ4n) is 7.01. The number of phenols is 3. The van der Waals surface area contributed by atoms with E-state index in [1.54, 1.807) is 13.8 Å². The van der Waals surface area contributed by atoms with Crippen molar-refractivity contribution in [2.45, 2.75) is 101 Å². The number of nitrogens with zero attached hydrogens (tertiary/aromatic N) is 1. The number of benzene rings is 3. The Kier molecular flexibility index (Phi) is 21.0. The summed E-state index contributed by atoms with van der Waals surface area (Å²) in [6.07, 6.45) is 1.76. The molecule has 0 aliphatic rings. The number of carboxylic acids is 1. The normalized spacial score (nSPS) is 14.1. The third-order valence-corrected chi connectivity index (χ3v) is 11.2. The number of hydrogen-bond donors (Lipinski definition) is 14. The number of amides is 7. The molecule has 0 radical (unpaired) electrons. The van der Waals surface area contributed by atoms with Crippen LogP contribution >= 0.6 is 12.6 Å². The Bertz CT molecular complexity index is 2400. The number of H-pyrrole nitrogens is 1. The number of carboxylic acid groups (broad SMARTS) is 1. The third-order valence-electron chi connectivity index (χ3n) is 10.8. The summed E-state index contributed by atoms with van der Waals surface area (Å²) in [5.74, 6) is -7.84. The van der Waals surface area contributed by atoms with Crippen molar-refractivity contribution >= 4 is 59.9 Å². The van der Waals surface area contributed by atoms with Gasteiger partial charge in [0, 0.05) is 49.7 Å². The fraction of sp³-hybridized carbons (Fsp3) is 0.383. The number of thiol groups is 1. The Hall–Kier alpha value is -7.66. The van der Waals surface area contributed by atoms with Crippen LogP contribution in [0.25, 0.3) is 0 Å². The first kappa shape index (κ1) is 54.9. The number of phenolic OH excluding ortho intramolecular Hbond substituents is 3. The lowest BCUT2D eigenvalue weighted by molar-refractivity contribution is -0.141. The molecule has 0 aliphatic heterocycles. The Labute approximate surface area is 408 Å². The van der Waals surface area contributed by atoms with E-state index in [1.807, 2.05) is 0 Å². The summed E-state index contributed by atoms with van der Waals surface area (Å²) in [7, 11) is 0. The minimum absolute atomic E-state index is 0.0361. The first-order valence-corrected chi connectivity index (χ1v) is 22.8. The predicted octanol–water partition coefficient (Wildman–Crippen LogP) is -0.641. The molecule has 3 aromatic carbocycles. The summed E-state index contributed by atoms with van der Waals surface area (Å²) >= 11 is 4.02. The monoisotopic (exact) mass is 988 g/mol. The second-order valence-electron chi connectivity index (χ2n) is 17.0. The van der Waals surface area contributed by atoms with Gasteiger partial charge in [0.15, 0.2) is 0 Å². The molecule has 0 fully saturated rings. The lowest BCUT2D eigenvalue weighted by Crippen LogP contribution is -2.61. The van der Waals surface area contributed by atoms with Crippen molar-refractivity contribution in [2.75, 3.05) is 5.75 Å². The van der Waals surface area contributed by atoms with Crippen molar-refractivity contribution < 1.29 is 58.8 Å². The molecule has 1 heterocycles. The molecule has 23 heteroatoms. The molecule has 0 spiro atoms. The molecule has 7 atom stereocenters. The van der Waals surface area contributed by atoms with Gasteiger partial charge in [-0.15, -0.1) is 0 Å². The minimum atomic E-state index is -1.47. The molecule has 15 N–H and O–H groups in total. The Morgan fingerprint density at radius 3 is 1.27 bits per heavy atom. The summed E-state index contributed by atoms with van der Waals surface area (Å²) in [4.78, 5) is 114. The van der Waals surface area contributed by atoms with Crippen LogP contribution in [0, 0.1) is 5.92 Å². The fourth-order valence-corrected chi connectivity index (χ4v) is 7.26. The Balaban J connectivity index is 1.65. The number of imidazole rings is 1. The number of hydrogen-bond acceptors (Lipinski definition) is 14. The van der Waals surface area contributed by atoms with Gasteiger partial charge in [-0.2, -0.15) is 12.6 Å². The molecule has 376 valence electrons. The number of nitrogens with one attached hydrogen (secondary N) is 7. The van der Waals surface area contributed by atoms with Gasteiger partial charge in [0.25, 0.3) is 0 Å². The van der Waals surface area contributed by atoms with E-state index in [9.17, 15) is 58.8 Å². The molecule has 0 aliphatic carbocycles. The quantitative estimate of drug-likeness (QED) is 0.0331. The van der Waals surface area contributed by atoms with Crippen molar-refractivity contribution in [1.29, 1.82) is 0 Å². The molecule has 0 unspecified atom stereocenters. The van der Waals surface area contributed by atoms with Gasteiger partial charge in [0.05, 0.1) is 12.4 Å². The summed E-state index contributed by atoms with van der Waals surface area (Å²) in [6.45, 7) is 3.57. The Morgan fingerprint density at radius 2 is 0.929 bits per heavy atom. The van der Waals surface area contributed by atoms with Gasteiger partial charge in [-0.05, 0) is 71.8 Å². The van der Waals surface area contributed by atoms with Gasteiger partial charge in [-0.3, -0.25) is 33.6 Å². The second kappa shape index (κ2) is 26.8. The molecule has 4 aromatic rings. The zero-order valence-corrected chi connectivity index (χ0v) is 39.4. The van der Waals surface area contributed by atoms with E-state index < -0.39 is 89.6 Å². The zero-order valence-electron chi connectivity index (χ0n) is 38.5. The highest BCUT2D eigenvalue weighted by atomic mass is 32.1. The molecule has 70 heavy (non-hydrogen) atoms. The molecule has 4 rings (SSSR count). The van der Waals surface area contributed by atoms with Crippen LogP contribution in [-0.2, 0) is 64.0 Å². The number of aromatic nitrogens is 2. The highest BCUT2D eigenvalue weighted by Crippen LogP contribution is 2.16. The second-order valence-corrected chi connectivity index (χ2v) is 17.4. The molecular formula is C47H60N10O12S. The predicted molar refractivity (Wildman–Crippen MR) is 257 cm³/mol. The molecule has 7 amide bonds. The average molecular weight is 989 g/mol. The summed E-state index contributed by atoms with van der Waals surface area (Å²) in [5.41, 5.74) is 13.1. The summed E-state index contributed by atoms with van der Waals surface area (Å²) in [6, 6.07) is 7.68. The van der Waals surface area contributed by atoms with Gasteiger partial charge in [0.2, 0.25) is 41.4 Å². The van der Waals surface area contributed by atoms with E-state index >= 15 is 0 Å². The van der Waals surface area contributed by atoms with Gasteiger partial charge in [-0.25, -0.2) is 9.78 Å². The Morgan fingerprint density at radius 1 is 0.571 bits per heavy atom. The maximum atomic E-state index is 14.5. The number of primary amides is 1. The number of aromatic hydroxyl groups is 3. The SMILES string of the molecule is CC(C)C[C@H](NC(=O)[C@H](Cc1ccc(O)cc1)NC(=O)[C@@H](N)CCC(N)=O)C(=O)N[C@@H](Cc1ccc(O)cc1)C(=O)N[C@@H](Cc1cnc[nH]1)C(=O)N[C@@H](Cc1ccc(O)cc1)C(=O)N[C@@H](CS)C(=O)O. The standard InChI is InChI=1S/C47H60N10O12S/c1-25(2)17-34(53-43(64)35(18-26-3-9-30(58)10-4-26)52-41(62)33(48)15-16-40(49)61)42(63)54-36(19-27-5-11-31(59)12-6-27)44(65)56-38(21-29-22-50-24-51-29)46(67)55-37(20-28-7-13-32(60)14-8-28)45(66)57-39(23-70)47(68)69/h3-14,22,24-25,33-39,58-60,70H,15-21,23,48H2,1-2H3,(H2,49,61)(H,50,51)(H,52,62)(H,53,64)(H,54,63)(H,55,67)(H,56,65)(H,57,66)(H,68,69)/t33-,34-,35-,36-,37-,38-,39-/m0/s1. The van der Waals surface area contributed by atoms with Crippen molar-refractivity contribution in [3.8, 4) is 17.2 Å². The van der Waals surface area contributed by atoms with E-state index in [1.165, 1.54) is 85.3 Å². The number of aliphatic carboxylic acids is 1. The molecule has 0 bridgehead atoms. The van der Waals surface area contributed by atoms with Crippen molar-refractivity contribution in [1.82, 2.24) is 41.9 Å². The number of nitrogens with two attached hydrogens (primary N) is 2. The van der Waals surface area contributed by atoms with E-state index in [0.717, 1.165) is 0 Å². The van der Waals surface area contributed by atoms with Crippen LogP contribution in [0.3, 0.4) is 0 Å². The van der Waals surface area contributed by atoms with Gasteiger partial charge in [-0.1, -0.05) is 50.2 Å². The van der Waals surface area contributed by atoms with E-state index in [-0.39, 0.29) is 73.9 Å². The largest absolute Gasteiger partial charge is 0.508 e. The highest BCUT2D eigenvalue weighted by Gasteiger charge is 2.35. The maximum absolute atomic E-state index is 14.5. The van der Waals surface area contributed by atoms with Crippen molar-refractivity contribution in [3.63, 3.8) is 0 Å². The van der Waals surface area contributed by atoms with Crippen LogP contribution in [0.5, 0.6) is 17.2 Å². The summed E-state index contributed by atoms with van der Waals surface area (Å²) in [5, 5.41) is 54.9. The lowest BCUT2D eigenvalue weighted by atomic mass is 9.99. The van der Waals surface area contributed by atoms with Crippen LogP contribution in [-0.4, -0.2) is 126 Å². The maximum Gasteiger partial charge on any atom is 0.327 e. The molecular weight excluding hydrogens is 929 g/mol. The van der Waals surface area contributed by atoms with Crippen LogP contribution in [0.1, 0.15) is 55.5 Å². The number of carbonyl (C=O) groups excluding carboxylic acids is 7. The lowest BCUT2D eigenvalue weighted by Gasteiger charge is -2.28. The van der Waals surface area contributed by atoms with Gasteiger partial charge in [0.1, 0.15) is 53.5 Å². The number of rotatable bonds is 27. The van der Waals surface area contributed by atoms with E-state index in [2.05, 4.69) is 54.5 Å². The highest BCUT2D eigenvalue weighted by molar-refractivity contribution is 7.80. The third kappa shape index (κ3) is 18.1. The average Bonchev–Trinajstić information content (AvgIpc) is 3.83. The van der Waals surface area contributed by atoms with Crippen LogP contribution < -0.4 is 43.4 Å². The molecule has 0 saturated carbocycles. The zero-order chi connectivity index (χ0) is 51.5. The topological polar surface area (TPSA) is 370 Å². The minimum Gasteiger partial charge on any atom is -0.508 e. The van der Waals surface area contributed by atoms with Crippen LogP contribution in [0.15, 0.2) is 85.3 Å². The van der Waals surface area contributed by atoms with E-state index in [4.69, 9.17) is 11.5 Å². The first-order chi connectivity index (χ1) is 33.2. The van der Waals surface area contributed by atoms with Crippen LogP contribution in [0.2, 0.25) is 0 Å². The summed E-state index contributed by atoms with van der Waals surface area (Å²) < 4.78 is 0. The number of carbonyl (C=O) groups is 8. The molecule has 22 nitrogen and oxygen atoms in total. The van der Waals surface area contributed by atoms with Crippen LogP contribution in [0.4, 0.5) is 0 Å². The van der Waals surface area contributed by atoms with Crippen molar-refractivity contribution in [2.24, 2.45) is 17.4 Å². The van der Waals surface area contributed by atoms with Gasteiger partial charge >= 0.3 is 5.97 Å². The molecule has 0 saturated heterocycles. The van der Waals surface area contributed by atoms with Crippen molar-refractivity contribution in [3.05, 3.63) is 108 Å².